The molecule has 5 nitrogen and oxygen atoms in total. The summed E-state index contributed by atoms with van der Waals surface area (Å²) in [4.78, 5) is 10.9. The number of hydrogen-bond donors (Lipinski definition) is 2. The second-order valence-electron chi connectivity index (χ2n) is 2.98. The van der Waals surface area contributed by atoms with Crippen molar-refractivity contribution >= 4 is 5.91 Å². The van der Waals surface area contributed by atoms with Gasteiger partial charge in [-0.15, -0.1) is 0 Å². The van der Waals surface area contributed by atoms with Crippen LogP contribution in [0.25, 0.3) is 0 Å². The predicted octanol–water partition coefficient (Wildman–Crippen LogP) is -0.497. The minimum Gasteiger partial charge on any atom is -0.382 e. The van der Waals surface area contributed by atoms with Crippen molar-refractivity contribution < 1.29 is 14.3 Å². The van der Waals surface area contributed by atoms with Gasteiger partial charge >= 0.3 is 0 Å². The van der Waals surface area contributed by atoms with Crippen molar-refractivity contribution in [2.75, 3.05) is 33.5 Å². The van der Waals surface area contributed by atoms with Gasteiger partial charge in [-0.3, -0.25) is 4.79 Å². The highest BCUT2D eigenvalue weighted by molar-refractivity contribution is 5.79. The van der Waals surface area contributed by atoms with E-state index in [-0.39, 0.29) is 5.91 Å². The van der Waals surface area contributed by atoms with E-state index >= 15 is 0 Å². The van der Waals surface area contributed by atoms with Crippen LogP contribution in [-0.4, -0.2) is 45.4 Å². The molecule has 0 saturated heterocycles. The standard InChI is InChI=1S/C9H20N2O3/c1-3-4-11-8(9(10)12)7-14-6-5-13-2/h8,11H,3-7H2,1-2H3,(H2,10,12). The van der Waals surface area contributed by atoms with E-state index in [0.717, 1.165) is 13.0 Å². The van der Waals surface area contributed by atoms with E-state index in [1.54, 1.807) is 7.11 Å². The third-order valence-corrected chi connectivity index (χ3v) is 1.70. The van der Waals surface area contributed by atoms with Gasteiger partial charge < -0.3 is 20.5 Å². The number of carbonyl (C=O) groups is 1. The van der Waals surface area contributed by atoms with Crippen LogP contribution >= 0.6 is 0 Å². The zero-order valence-corrected chi connectivity index (χ0v) is 8.91. The maximum absolute atomic E-state index is 10.9. The highest BCUT2D eigenvalue weighted by atomic mass is 16.5. The molecule has 0 aromatic rings. The summed E-state index contributed by atoms with van der Waals surface area (Å²) in [5.74, 6) is -0.379. The van der Waals surface area contributed by atoms with E-state index in [4.69, 9.17) is 15.2 Å². The van der Waals surface area contributed by atoms with Crippen LogP contribution < -0.4 is 11.1 Å². The fraction of sp³-hybridized carbons (Fsp3) is 0.889. The molecule has 0 spiro atoms. The van der Waals surface area contributed by atoms with Gasteiger partial charge in [0.25, 0.3) is 0 Å². The number of primary amides is 1. The first-order chi connectivity index (χ1) is 6.72. The second-order valence-corrected chi connectivity index (χ2v) is 2.98. The van der Waals surface area contributed by atoms with Gasteiger partial charge in [-0.1, -0.05) is 6.92 Å². The average molecular weight is 204 g/mol. The van der Waals surface area contributed by atoms with E-state index in [1.165, 1.54) is 0 Å². The third-order valence-electron chi connectivity index (χ3n) is 1.70. The average Bonchev–Trinajstić information content (AvgIpc) is 2.16. The van der Waals surface area contributed by atoms with Crippen LogP contribution in [0.2, 0.25) is 0 Å². The van der Waals surface area contributed by atoms with Crippen molar-refractivity contribution in [1.82, 2.24) is 5.32 Å². The fourth-order valence-electron chi connectivity index (χ4n) is 0.904. The quantitative estimate of drug-likeness (QED) is 0.497. The summed E-state index contributed by atoms with van der Waals surface area (Å²) in [5, 5.41) is 3.01. The van der Waals surface area contributed by atoms with Crippen LogP contribution in [0.1, 0.15) is 13.3 Å². The number of nitrogens with two attached hydrogens (primary N) is 1. The summed E-state index contributed by atoms with van der Waals surface area (Å²) in [6.07, 6.45) is 0.960. The molecule has 0 aromatic heterocycles. The first-order valence-electron chi connectivity index (χ1n) is 4.81. The molecule has 0 fully saturated rings. The molecule has 0 aliphatic carbocycles. The highest BCUT2D eigenvalue weighted by Crippen LogP contribution is 1.86. The summed E-state index contributed by atoms with van der Waals surface area (Å²) < 4.78 is 10.0. The number of ether oxygens (including phenoxy) is 2. The van der Waals surface area contributed by atoms with Crippen LogP contribution in [0, 0.1) is 0 Å². The number of amides is 1. The number of carbonyl (C=O) groups excluding carboxylic acids is 1. The van der Waals surface area contributed by atoms with Crippen LogP contribution in [-0.2, 0) is 14.3 Å². The molecular formula is C9H20N2O3. The number of rotatable bonds is 9. The Bertz CT molecular complexity index is 153. The number of hydrogen-bond acceptors (Lipinski definition) is 4. The Morgan fingerprint density at radius 3 is 2.71 bits per heavy atom. The molecule has 0 saturated carbocycles. The summed E-state index contributed by atoms with van der Waals surface area (Å²) >= 11 is 0. The molecular weight excluding hydrogens is 184 g/mol. The molecule has 84 valence electrons. The van der Waals surface area contributed by atoms with Crippen molar-refractivity contribution in [1.29, 1.82) is 0 Å². The number of methoxy groups -OCH3 is 1. The number of nitrogens with one attached hydrogen (secondary N) is 1. The van der Waals surface area contributed by atoms with Crippen molar-refractivity contribution in [3.63, 3.8) is 0 Å². The van der Waals surface area contributed by atoms with Gasteiger partial charge in [0, 0.05) is 7.11 Å². The first-order valence-corrected chi connectivity index (χ1v) is 4.81. The molecule has 0 aliphatic rings. The lowest BCUT2D eigenvalue weighted by atomic mass is 10.3. The van der Waals surface area contributed by atoms with Crippen molar-refractivity contribution in [3.05, 3.63) is 0 Å². The van der Waals surface area contributed by atoms with Gasteiger partial charge in [0.1, 0.15) is 6.04 Å². The maximum Gasteiger partial charge on any atom is 0.236 e. The molecule has 5 heteroatoms. The summed E-state index contributed by atoms with van der Waals surface area (Å²) in [6.45, 7) is 4.10. The van der Waals surface area contributed by atoms with Crippen LogP contribution in [0.15, 0.2) is 0 Å². The smallest absolute Gasteiger partial charge is 0.236 e. The minimum absolute atomic E-state index is 0.304. The van der Waals surface area contributed by atoms with Crippen molar-refractivity contribution in [2.45, 2.75) is 19.4 Å². The Morgan fingerprint density at radius 1 is 1.50 bits per heavy atom. The molecule has 0 heterocycles. The van der Waals surface area contributed by atoms with Crippen molar-refractivity contribution in [3.8, 4) is 0 Å². The molecule has 0 rings (SSSR count). The molecule has 0 aliphatic heterocycles. The minimum atomic E-state index is -0.396. The normalized spacial score (nSPS) is 12.7. The molecule has 0 bridgehead atoms. The largest absolute Gasteiger partial charge is 0.382 e. The van der Waals surface area contributed by atoms with Crippen LogP contribution in [0.3, 0.4) is 0 Å². The van der Waals surface area contributed by atoms with Crippen molar-refractivity contribution in [2.24, 2.45) is 5.73 Å². The van der Waals surface area contributed by atoms with E-state index in [1.807, 2.05) is 6.92 Å². The van der Waals surface area contributed by atoms with E-state index < -0.39 is 6.04 Å². The van der Waals surface area contributed by atoms with Crippen LogP contribution in [0.4, 0.5) is 0 Å². The molecule has 1 unspecified atom stereocenters. The van der Waals surface area contributed by atoms with E-state index in [9.17, 15) is 4.79 Å². The summed E-state index contributed by atoms with van der Waals surface area (Å²) in [5.41, 5.74) is 5.18. The topological polar surface area (TPSA) is 73.6 Å². The van der Waals surface area contributed by atoms with Gasteiger partial charge in [0.2, 0.25) is 5.91 Å². The summed E-state index contributed by atoms with van der Waals surface area (Å²) in [7, 11) is 1.60. The molecule has 1 atom stereocenters. The van der Waals surface area contributed by atoms with Gasteiger partial charge in [-0.05, 0) is 13.0 Å². The first kappa shape index (κ1) is 13.4. The second kappa shape index (κ2) is 8.93. The lowest BCUT2D eigenvalue weighted by Gasteiger charge is -2.14. The Hall–Kier alpha value is -0.650. The third kappa shape index (κ3) is 6.82. The Morgan fingerprint density at radius 2 is 2.21 bits per heavy atom. The van der Waals surface area contributed by atoms with E-state index in [2.05, 4.69) is 5.32 Å². The molecule has 14 heavy (non-hydrogen) atoms. The van der Waals surface area contributed by atoms with Gasteiger partial charge in [0.15, 0.2) is 0 Å². The van der Waals surface area contributed by atoms with Gasteiger partial charge in [-0.2, -0.15) is 0 Å². The molecule has 0 radical (unpaired) electrons. The Balaban J connectivity index is 3.57. The zero-order chi connectivity index (χ0) is 10.8. The predicted molar refractivity (Wildman–Crippen MR) is 54.0 cm³/mol. The molecule has 1 amide bonds. The molecule has 3 N–H and O–H groups in total. The molecule has 0 aromatic carbocycles. The zero-order valence-electron chi connectivity index (χ0n) is 8.91. The maximum atomic E-state index is 10.9. The SMILES string of the molecule is CCCNC(COCCOC)C(N)=O. The lowest BCUT2D eigenvalue weighted by Crippen LogP contribution is -2.45. The van der Waals surface area contributed by atoms with Gasteiger partial charge in [-0.25, -0.2) is 0 Å². The monoisotopic (exact) mass is 204 g/mol. The van der Waals surface area contributed by atoms with Crippen LogP contribution in [0.5, 0.6) is 0 Å². The lowest BCUT2D eigenvalue weighted by molar-refractivity contribution is -0.121. The fourth-order valence-corrected chi connectivity index (χ4v) is 0.904. The Kier molecular flexibility index (Phi) is 8.51. The Labute approximate surface area is 84.9 Å². The van der Waals surface area contributed by atoms with Gasteiger partial charge in [0.05, 0.1) is 19.8 Å². The highest BCUT2D eigenvalue weighted by Gasteiger charge is 2.13. The summed E-state index contributed by atoms with van der Waals surface area (Å²) in [6, 6.07) is -0.396. The van der Waals surface area contributed by atoms with E-state index in [0.29, 0.717) is 19.8 Å².